The predicted octanol–water partition coefficient (Wildman–Crippen LogP) is 0.210. The van der Waals surface area contributed by atoms with Crippen LogP contribution in [0.3, 0.4) is 0 Å². The summed E-state index contributed by atoms with van der Waals surface area (Å²) < 4.78 is 0. The molecule has 0 radical (unpaired) electrons. The summed E-state index contributed by atoms with van der Waals surface area (Å²) in [5, 5.41) is 8.33. The number of hydrogen-bond donors (Lipinski definition) is 3. The first-order chi connectivity index (χ1) is 8.51. The Morgan fingerprint density at radius 2 is 2.11 bits per heavy atom. The fourth-order valence-corrected chi connectivity index (χ4v) is 1.43. The van der Waals surface area contributed by atoms with Crippen molar-refractivity contribution in [2.45, 2.75) is 32.2 Å². The number of carbonyl (C=O) groups is 1. The summed E-state index contributed by atoms with van der Waals surface area (Å²) in [5.41, 5.74) is 10.4. The number of aliphatic carboxylic acids is 1. The molecule has 0 saturated heterocycles. The van der Waals surface area contributed by atoms with Crippen LogP contribution in [0.2, 0.25) is 0 Å². The maximum atomic E-state index is 10.1. The molecular weight excluding hydrogens is 232 g/mol. The normalized spacial score (nSPS) is 15.3. The van der Waals surface area contributed by atoms with Crippen LogP contribution in [0.25, 0.3) is 0 Å². The number of rotatable bonds is 6. The molecule has 6 nitrogen and oxygen atoms in total. The van der Waals surface area contributed by atoms with Gasteiger partial charge in [0.2, 0.25) is 0 Å². The molecule has 6 heteroatoms. The van der Waals surface area contributed by atoms with E-state index in [4.69, 9.17) is 16.6 Å². The molecule has 0 spiro atoms. The average molecular weight is 258 g/mol. The number of carboxylic acids is 1. The summed E-state index contributed by atoms with van der Waals surface area (Å²) in [5.74, 6) is -0.933. The molecule has 0 aromatic carbocycles. The average Bonchev–Trinajstić information content (AvgIpc) is 2.76. The van der Waals surface area contributed by atoms with Crippen molar-refractivity contribution in [3.05, 3.63) is 12.4 Å². The van der Waals surface area contributed by atoms with E-state index in [-0.39, 0.29) is 0 Å². The van der Waals surface area contributed by atoms with Crippen LogP contribution in [0.15, 0.2) is 12.4 Å². The minimum Gasteiger partial charge on any atom is -0.480 e. The maximum absolute atomic E-state index is 10.1. The summed E-state index contributed by atoms with van der Waals surface area (Å²) in [6.45, 7) is 4.92. The van der Waals surface area contributed by atoms with Gasteiger partial charge < -0.3 is 26.4 Å². The number of carboxylic acid groups (broad SMARTS) is 1. The van der Waals surface area contributed by atoms with Gasteiger partial charge in [0.25, 0.3) is 0 Å². The monoisotopic (exact) mass is 258 g/mol. The van der Waals surface area contributed by atoms with Crippen molar-refractivity contribution in [2.75, 3.05) is 26.8 Å². The third-order valence-corrected chi connectivity index (χ3v) is 2.63. The van der Waals surface area contributed by atoms with Gasteiger partial charge in [-0.25, -0.2) is 0 Å². The van der Waals surface area contributed by atoms with Crippen LogP contribution in [0.4, 0.5) is 0 Å². The summed E-state index contributed by atoms with van der Waals surface area (Å²) in [6.07, 6.45) is 6.36. The Labute approximate surface area is 109 Å². The van der Waals surface area contributed by atoms with Crippen LogP contribution in [0.1, 0.15) is 26.2 Å². The Bertz CT molecular complexity index is 258. The van der Waals surface area contributed by atoms with E-state index in [9.17, 15) is 4.79 Å². The van der Waals surface area contributed by atoms with Gasteiger partial charge >= 0.3 is 5.97 Å². The Morgan fingerprint density at radius 1 is 1.44 bits per heavy atom. The van der Waals surface area contributed by atoms with E-state index in [1.807, 2.05) is 0 Å². The molecule has 1 unspecified atom stereocenters. The zero-order valence-electron chi connectivity index (χ0n) is 11.4. The van der Waals surface area contributed by atoms with E-state index in [0.29, 0.717) is 13.0 Å². The lowest BCUT2D eigenvalue weighted by Crippen LogP contribution is -2.29. The standard InChI is InChI=1S/C6H14N2O2.C6H12N2/c7-4-2-1-3-5(8)6(9)10;1-3-8-5-4-7(2)6-8/h5H,1-4,7-8H2,(H,9,10);4-5H,3,6H2,1-2H3. The largest absolute Gasteiger partial charge is 0.480 e. The molecule has 106 valence electrons. The molecular formula is C12H26N4O2. The first kappa shape index (κ1) is 16.7. The molecule has 1 atom stereocenters. The molecule has 0 saturated carbocycles. The quantitative estimate of drug-likeness (QED) is 0.589. The second-order valence-corrected chi connectivity index (χ2v) is 4.33. The molecule has 1 heterocycles. The zero-order valence-corrected chi connectivity index (χ0v) is 11.4. The van der Waals surface area contributed by atoms with Crippen LogP contribution < -0.4 is 11.5 Å². The van der Waals surface area contributed by atoms with Crippen molar-refractivity contribution >= 4 is 5.97 Å². The third kappa shape index (κ3) is 7.92. The highest BCUT2D eigenvalue weighted by Crippen LogP contribution is 2.00. The minimum atomic E-state index is -0.933. The van der Waals surface area contributed by atoms with Crippen molar-refractivity contribution in [3.8, 4) is 0 Å². The molecule has 0 fully saturated rings. The van der Waals surface area contributed by atoms with Gasteiger partial charge in [-0.05, 0) is 26.3 Å². The lowest BCUT2D eigenvalue weighted by Gasteiger charge is -2.14. The Balaban J connectivity index is 0.000000327. The lowest BCUT2D eigenvalue weighted by atomic mass is 10.1. The first-order valence-corrected chi connectivity index (χ1v) is 6.32. The fraction of sp³-hybridized carbons (Fsp3) is 0.750. The molecule has 0 bridgehead atoms. The highest BCUT2D eigenvalue weighted by Gasteiger charge is 2.09. The Hall–Kier alpha value is -1.27. The molecule has 1 aliphatic rings. The van der Waals surface area contributed by atoms with E-state index < -0.39 is 12.0 Å². The van der Waals surface area contributed by atoms with Crippen LogP contribution >= 0.6 is 0 Å². The van der Waals surface area contributed by atoms with Gasteiger partial charge in [-0.1, -0.05) is 6.42 Å². The number of nitrogens with zero attached hydrogens (tertiary/aromatic N) is 2. The SMILES string of the molecule is CCN1C=CN(C)C1.NCCCCC(N)C(=O)O. The highest BCUT2D eigenvalue weighted by atomic mass is 16.4. The Kier molecular flexibility index (Phi) is 9.04. The topological polar surface area (TPSA) is 95.8 Å². The van der Waals surface area contributed by atoms with Crippen molar-refractivity contribution in [2.24, 2.45) is 11.5 Å². The van der Waals surface area contributed by atoms with Crippen molar-refractivity contribution in [1.29, 1.82) is 0 Å². The fourth-order valence-electron chi connectivity index (χ4n) is 1.43. The van der Waals surface area contributed by atoms with Gasteiger partial charge in [0.15, 0.2) is 0 Å². The van der Waals surface area contributed by atoms with Crippen molar-refractivity contribution in [1.82, 2.24) is 9.80 Å². The molecule has 5 N–H and O–H groups in total. The summed E-state index contributed by atoms with van der Waals surface area (Å²) >= 11 is 0. The Morgan fingerprint density at radius 3 is 2.44 bits per heavy atom. The first-order valence-electron chi connectivity index (χ1n) is 6.32. The van der Waals surface area contributed by atoms with Crippen LogP contribution in [0, 0.1) is 0 Å². The highest BCUT2D eigenvalue weighted by molar-refractivity contribution is 5.72. The minimum absolute atomic E-state index is 0.520. The van der Waals surface area contributed by atoms with Gasteiger partial charge in [-0.15, -0.1) is 0 Å². The van der Waals surface area contributed by atoms with E-state index in [1.165, 1.54) is 0 Å². The second-order valence-electron chi connectivity index (χ2n) is 4.33. The summed E-state index contributed by atoms with van der Waals surface area (Å²) in [7, 11) is 2.08. The maximum Gasteiger partial charge on any atom is 0.320 e. The lowest BCUT2D eigenvalue weighted by molar-refractivity contribution is -0.138. The molecule has 0 aromatic heterocycles. The summed E-state index contributed by atoms with van der Waals surface area (Å²) in [6, 6.07) is -0.716. The van der Waals surface area contributed by atoms with Gasteiger partial charge in [-0.2, -0.15) is 0 Å². The molecule has 18 heavy (non-hydrogen) atoms. The van der Waals surface area contributed by atoms with Gasteiger partial charge in [0, 0.05) is 26.0 Å². The molecule has 1 rings (SSSR count). The molecule has 0 aromatic rings. The van der Waals surface area contributed by atoms with Gasteiger partial charge in [0.1, 0.15) is 6.04 Å². The third-order valence-electron chi connectivity index (χ3n) is 2.63. The molecule has 1 aliphatic heterocycles. The smallest absolute Gasteiger partial charge is 0.320 e. The van der Waals surface area contributed by atoms with E-state index in [1.54, 1.807) is 0 Å². The second kappa shape index (κ2) is 9.73. The van der Waals surface area contributed by atoms with Gasteiger partial charge in [-0.3, -0.25) is 4.79 Å². The number of hydrogen-bond acceptors (Lipinski definition) is 5. The summed E-state index contributed by atoms with van der Waals surface area (Å²) in [4.78, 5) is 14.5. The number of unbranched alkanes of at least 4 members (excludes halogenated alkanes) is 1. The predicted molar refractivity (Wildman–Crippen MR) is 72.7 cm³/mol. The van der Waals surface area contributed by atoms with Crippen LogP contribution in [0.5, 0.6) is 0 Å². The van der Waals surface area contributed by atoms with Crippen LogP contribution in [-0.2, 0) is 4.79 Å². The van der Waals surface area contributed by atoms with E-state index in [2.05, 4.69) is 36.2 Å². The van der Waals surface area contributed by atoms with E-state index >= 15 is 0 Å². The van der Waals surface area contributed by atoms with E-state index in [0.717, 1.165) is 26.1 Å². The molecule has 0 aliphatic carbocycles. The van der Waals surface area contributed by atoms with Crippen molar-refractivity contribution < 1.29 is 9.90 Å². The number of nitrogens with two attached hydrogens (primary N) is 2. The van der Waals surface area contributed by atoms with Crippen LogP contribution in [-0.4, -0.2) is 53.7 Å². The van der Waals surface area contributed by atoms with Crippen molar-refractivity contribution in [3.63, 3.8) is 0 Å². The zero-order chi connectivity index (χ0) is 14.0. The van der Waals surface area contributed by atoms with Gasteiger partial charge in [0.05, 0.1) is 6.67 Å². The molecule has 0 amide bonds.